The van der Waals surface area contributed by atoms with Crippen molar-refractivity contribution in [2.24, 2.45) is 5.92 Å². The highest BCUT2D eigenvalue weighted by Crippen LogP contribution is 2.31. The standard InChI is InChI=1S/C26H31N5O3S/c32-26(29-13-4-7-22(18-29)25-28-27-24-8-1-2-14-31(24)25)20-11-15-30(16-12-20)35(33,34)23-10-9-19-5-3-6-21(19)17-23/h1-2,8-10,14,17,20,22H,3-7,11-13,15-16,18H2. The molecule has 0 spiro atoms. The van der Waals surface area contributed by atoms with E-state index in [1.165, 1.54) is 5.56 Å². The van der Waals surface area contributed by atoms with Crippen molar-refractivity contribution < 1.29 is 13.2 Å². The summed E-state index contributed by atoms with van der Waals surface area (Å²) in [6.07, 6.45) is 8.11. The van der Waals surface area contributed by atoms with Gasteiger partial charge in [-0.3, -0.25) is 9.20 Å². The Balaban J connectivity index is 1.10. The van der Waals surface area contributed by atoms with E-state index < -0.39 is 10.0 Å². The lowest BCUT2D eigenvalue weighted by Gasteiger charge is -2.37. The lowest BCUT2D eigenvalue weighted by Crippen LogP contribution is -2.47. The summed E-state index contributed by atoms with van der Waals surface area (Å²) >= 11 is 0. The third kappa shape index (κ3) is 4.14. The number of likely N-dealkylation sites (tertiary alicyclic amines) is 1. The van der Waals surface area contributed by atoms with Crippen LogP contribution in [0.3, 0.4) is 0 Å². The molecule has 2 aliphatic heterocycles. The largest absolute Gasteiger partial charge is 0.342 e. The molecule has 0 bridgehead atoms. The molecule has 3 aliphatic rings. The second-order valence-corrected chi connectivity index (χ2v) is 12.0. The highest BCUT2D eigenvalue weighted by atomic mass is 32.2. The molecule has 3 aromatic rings. The van der Waals surface area contributed by atoms with E-state index in [4.69, 9.17) is 0 Å². The predicted octanol–water partition coefficient (Wildman–Crippen LogP) is 3.02. The Labute approximate surface area is 206 Å². The van der Waals surface area contributed by atoms with Crippen LogP contribution < -0.4 is 0 Å². The summed E-state index contributed by atoms with van der Waals surface area (Å²) in [4.78, 5) is 15.8. The molecule has 2 fully saturated rings. The summed E-state index contributed by atoms with van der Waals surface area (Å²) < 4.78 is 30.1. The van der Waals surface area contributed by atoms with Gasteiger partial charge in [0.1, 0.15) is 5.82 Å². The molecule has 1 unspecified atom stereocenters. The molecule has 8 nitrogen and oxygen atoms in total. The van der Waals surface area contributed by atoms with E-state index >= 15 is 0 Å². The second kappa shape index (κ2) is 9.02. The van der Waals surface area contributed by atoms with Crippen LogP contribution in [0.15, 0.2) is 47.5 Å². The van der Waals surface area contributed by atoms with Crippen LogP contribution in [0.5, 0.6) is 0 Å². The predicted molar refractivity (Wildman–Crippen MR) is 131 cm³/mol. The van der Waals surface area contributed by atoms with E-state index in [2.05, 4.69) is 10.2 Å². The summed E-state index contributed by atoms with van der Waals surface area (Å²) in [7, 11) is -3.53. The van der Waals surface area contributed by atoms with Crippen LogP contribution in [0.4, 0.5) is 0 Å². The Morgan fingerprint density at radius 2 is 1.74 bits per heavy atom. The van der Waals surface area contributed by atoms with E-state index in [0.29, 0.717) is 37.4 Å². The van der Waals surface area contributed by atoms with Crippen molar-refractivity contribution in [3.05, 3.63) is 59.5 Å². The van der Waals surface area contributed by atoms with Crippen molar-refractivity contribution in [1.82, 2.24) is 23.8 Å². The van der Waals surface area contributed by atoms with Crippen LogP contribution in [0, 0.1) is 5.92 Å². The molecule has 1 aliphatic carbocycles. The molecule has 1 atom stereocenters. The lowest BCUT2D eigenvalue weighted by molar-refractivity contribution is -0.138. The number of hydrogen-bond donors (Lipinski definition) is 0. The maximum Gasteiger partial charge on any atom is 0.243 e. The molecule has 1 aromatic carbocycles. The Morgan fingerprint density at radius 1 is 0.914 bits per heavy atom. The molecule has 0 saturated carbocycles. The summed E-state index contributed by atoms with van der Waals surface area (Å²) in [5, 5.41) is 8.69. The Hall–Kier alpha value is -2.78. The minimum Gasteiger partial charge on any atom is -0.342 e. The molecule has 4 heterocycles. The van der Waals surface area contributed by atoms with Gasteiger partial charge >= 0.3 is 0 Å². The highest BCUT2D eigenvalue weighted by molar-refractivity contribution is 7.89. The zero-order valence-corrected chi connectivity index (χ0v) is 20.7. The normalized spacial score (nSPS) is 21.9. The summed E-state index contributed by atoms with van der Waals surface area (Å²) in [6.45, 7) is 2.17. The van der Waals surface area contributed by atoms with Crippen molar-refractivity contribution in [2.75, 3.05) is 26.2 Å². The average Bonchev–Trinajstić information content (AvgIpc) is 3.55. The van der Waals surface area contributed by atoms with Crippen LogP contribution in [-0.4, -0.2) is 64.3 Å². The first-order valence-corrected chi connectivity index (χ1v) is 14.1. The molecule has 6 rings (SSSR count). The Morgan fingerprint density at radius 3 is 2.60 bits per heavy atom. The van der Waals surface area contributed by atoms with Crippen LogP contribution >= 0.6 is 0 Å². The number of nitrogens with zero attached hydrogens (tertiary/aromatic N) is 5. The number of aryl methyl sites for hydroxylation is 2. The maximum absolute atomic E-state index is 13.4. The number of rotatable bonds is 4. The molecule has 184 valence electrons. The van der Waals surface area contributed by atoms with Crippen molar-refractivity contribution in [1.29, 1.82) is 0 Å². The summed E-state index contributed by atoms with van der Waals surface area (Å²) in [5.74, 6) is 1.09. The highest BCUT2D eigenvalue weighted by Gasteiger charge is 2.36. The number of fused-ring (bicyclic) bond motifs is 2. The molecular weight excluding hydrogens is 462 g/mol. The van der Waals surface area contributed by atoms with Crippen LogP contribution in [0.1, 0.15) is 55.0 Å². The van der Waals surface area contributed by atoms with Crippen LogP contribution in [0.2, 0.25) is 0 Å². The van der Waals surface area contributed by atoms with Crippen molar-refractivity contribution in [3.8, 4) is 0 Å². The quantitative estimate of drug-likeness (QED) is 0.558. The fraction of sp³-hybridized carbons (Fsp3) is 0.500. The number of sulfonamides is 1. The minimum atomic E-state index is -3.53. The van der Waals surface area contributed by atoms with Crippen LogP contribution in [0.25, 0.3) is 5.65 Å². The first-order valence-electron chi connectivity index (χ1n) is 12.7. The fourth-order valence-electron chi connectivity index (χ4n) is 5.99. The van der Waals surface area contributed by atoms with Gasteiger partial charge in [-0.1, -0.05) is 12.1 Å². The van der Waals surface area contributed by atoms with Crippen molar-refractivity contribution >= 4 is 21.6 Å². The van der Waals surface area contributed by atoms with Crippen molar-refractivity contribution in [2.45, 2.75) is 55.8 Å². The third-order valence-electron chi connectivity index (χ3n) is 7.95. The molecule has 35 heavy (non-hydrogen) atoms. The summed E-state index contributed by atoms with van der Waals surface area (Å²) in [5.41, 5.74) is 3.26. The second-order valence-electron chi connectivity index (χ2n) is 10.1. The molecule has 1 amide bonds. The van der Waals surface area contributed by atoms with Gasteiger partial charge in [-0.25, -0.2) is 8.42 Å². The van der Waals surface area contributed by atoms with E-state index in [1.807, 2.05) is 45.8 Å². The zero-order valence-electron chi connectivity index (χ0n) is 19.8. The number of benzene rings is 1. The number of piperidine rings is 2. The van der Waals surface area contributed by atoms with E-state index in [1.54, 1.807) is 10.4 Å². The molecule has 0 N–H and O–H groups in total. The smallest absolute Gasteiger partial charge is 0.243 e. The molecular formula is C26H31N5O3S. The van der Waals surface area contributed by atoms with Gasteiger partial charge in [-0.05, 0) is 80.3 Å². The topological polar surface area (TPSA) is 87.9 Å². The molecule has 2 saturated heterocycles. The third-order valence-corrected chi connectivity index (χ3v) is 9.84. The molecule has 9 heteroatoms. The van der Waals surface area contributed by atoms with Gasteiger partial charge in [0.05, 0.1) is 4.90 Å². The SMILES string of the molecule is O=C(C1CCN(S(=O)(=O)c2ccc3c(c2)CCC3)CC1)N1CCCC(c2nnc3ccccn23)C1. The number of pyridine rings is 1. The van der Waals surface area contributed by atoms with E-state index in [-0.39, 0.29) is 17.7 Å². The monoisotopic (exact) mass is 493 g/mol. The number of carbonyl (C=O) groups excluding carboxylic acids is 1. The Bertz CT molecular complexity index is 1360. The van der Waals surface area contributed by atoms with E-state index in [9.17, 15) is 13.2 Å². The average molecular weight is 494 g/mol. The first-order chi connectivity index (χ1) is 17.0. The van der Waals surface area contributed by atoms with E-state index in [0.717, 1.165) is 55.7 Å². The van der Waals surface area contributed by atoms with Crippen molar-refractivity contribution in [3.63, 3.8) is 0 Å². The summed E-state index contributed by atoms with van der Waals surface area (Å²) in [6, 6.07) is 11.4. The number of hydrogen-bond acceptors (Lipinski definition) is 5. The van der Waals surface area contributed by atoms with Gasteiger partial charge in [-0.15, -0.1) is 10.2 Å². The van der Waals surface area contributed by atoms with Crippen LogP contribution in [-0.2, 0) is 27.7 Å². The molecule has 2 aromatic heterocycles. The first kappa shape index (κ1) is 22.7. The van der Waals surface area contributed by atoms with Gasteiger partial charge in [-0.2, -0.15) is 4.31 Å². The van der Waals surface area contributed by atoms with Gasteiger partial charge in [0.2, 0.25) is 15.9 Å². The fourth-order valence-corrected chi connectivity index (χ4v) is 7.51. The number of carbonyl (C=O) groups is 1. The number of aromatic nitrogens is 3. The van der Waals surface area contributed by atoms with Gasteiger partial charge in [0.15, 0.2) is 5.65 Å². The van der Waals surface area contributed by atoms with Gasteiger partial charge in [0, 0.05) is 44.2 Å². The number of amides is 1. The maximum atomic E-state index is 13.4. The van der Waals surface area contributed by atoms with Gasteiger partial charge in [0.25, 0.3) is 0 Å². The van der Waals surface area contributed by atoms with Gasteiger partial charge < -0.3 is 4.90 Å². The minimum absolute atomic E-state index is 0.129. The molecule has 0 radical (unpaired) electrons. The zero-order chi connectivity index (χ0) is 24.0. The lowest BCUT2D eigenvalue weighted by atomic mass is 9.92. The Kier molecular flexibility index (Phi) is 5.84.